The SMILES string of the molecule is CC(C)(C)C(COc1ccccc1)CS(=O)(=O)Cl. The molecule has 0 amide bonds. The zero-order chi connectivity index (χ0) is 13.8. The Kier molecular flexibility index (Phi) is 5.05. The van der Waals surface area contributed by atoms with Crippen molar-refractivity contribution in [2.75, 3.05) is 12.4 Å². The minimum atomic E-state index is -3.52. The van der Waals surface area contributed by atoms with E-state index in [-0.39, 0.29) is 17.1 Å². The minimum Gasteiger partial charge on any atom is -0.493 e. The smallest absolute Gasteiger partial charge is 0.233 e. The van der Waals surface area contributed by atoms with E-state index in [4.69, 9.17) is 15.4 Å². The fourth-order valence-corrected chi connectivity index (χ4v) is 3.04. The molecule has 1 rings (SSSR count). The van der Waals surface area contributed by atoms with E-state index in [1.54, 1.807) is 0 Å². The van der Waals surface area contributed by atoms with Gasteiger partial charge in [0.05, 0.1) is 12.4 Å². The number of hydrogen-bond acceptors (Lipinski definition) is 3. The van der Waals surface area contributed by atoms with E-state index in [1.807, 2.05) is 51.1 Å². The van der Waals surface area contributed by atoms with Gasteiger partial charge in [0.15, 0.2) is 0 Å². The molecule has 0 aliphatic rings. The molecule has 0 aliphatic carbocycles. The third kappa shape index (κ3) is 5.74. The highest BCUT2D eigenvalue weighted by molar-refractivity contribution is 8.13. The van der Waals surface area contributed by atoms with Gasteiger partial charge in [0.2, 0.25) is 9.05 Å². The molecule has 1 atom stereocenters. The molecule has 0 fully saturated rings. The summed E-state index contributed by atoms with van der Waals surface area (Å²) in [7, 11) is 1.81. The van der Waals surface area contributed by atoms with Crippen molar-refractivity contribution in [1.29, 1.82) is 0 Å². The Morgan fingerprint density at radius 2 is 1.78 bits per heavy atom. The van der Waals surface area contributed by atoms with Gasteiger partial charge < -0.3 is 4.74 Å². The molecule has 18 heavy (non-hydrogen) atoms. The number of para-hydroxylation sites is 1. The highest BCUT2D eigenvalue weighted by Crippen LogP contribution is 2.29. The van der Waals surface area contributed by atoms with Crippen molar-refractivity contribution in [3.8, 4) is 5.75 Å². The number of halogens is 1. The van der Waals surface area contributed by atoms with E-state index in [0.717, 1.165) is 5.75 Å². The molecular formula is C13H19ClO3S. The van der Waals surface area contributed by atoms with Crippen LogP contribution in [-0.4, -0.2) is 20.8 Å². The Hall–Kier alpha value is -0.740. The van der Waals surface area contributed by atoms with Crippen LogP contribution in [0, 0.1) is 11.3 Å². The van der Waals surface area contributed by atoms with Crippen LogP contribution in [-0.2, 0) is 9.05 Å². The molecule has 0 bridgehead atoms. The van der Waals surface area contributed by atoms with Crippen LogP contribution in [0.5, 0.6) is 5.75 Å². The summed E-state index contributed by atoms with van der Waals surface area (Å²) in [6.07, 6.45) is 0. The second-order valence-electron chi connectivity index (χ2n) is 5.39. The molecule has 0 N–H and O–H groups in total. The normalized spacial score (nSPS) is 14.2. The Balaban J connectivity index is 2.69. The number of rotatable bonds is 5. The van der Waals surface area contributed by atoms with Crippen molar-refractivity contribution < 1.29 is 13.2 Å². The lowest BCUT2D eigenvalue weighted by Crippen LogP contribution is -2.31. The van der Waals surface area contributed by atoms with Crippen molar-refractivity contribution in [3.05, 3.63) is 30.3 Å². The van der Waals surface area contributed by atoms with Crippen LogP contribution < -0.4 is 4.74 Å². The van der Waals surface area contributed by atoms with Gasteiger partial charge in [-0.1, -0.05) is 39.0 Å². The van der Waals surface area contributed by atoms with E-state index in [0.29, 0.717) is 6.61 Å². The molecule has 1 unspecified atom stereocenters. The summed E-state index contributed by atoms with van der Waals surface area (Å²) >= 11 is 0. The second-order valence-corrected chi connectivity index (χ2v) is 8.21. The van der Waals surface area contributed by atoms with E-state index in [2.05, 4.69) is 0 Å². The Labute approximate surface area is 114 Å². The molecule has 0 aromatic heterocycles. The van der Waals surface area contributed by atoms with E-state index >= 15 is 0 Å². The predicted octanol–water partition coefficient (Wildman–Crippen LogP) is 3.30. The summed E-state index contributed by atoms with van der Waals surface area (Å²) in [5, 5.41) is 0. The van der Waals surface area contributed by atoms with Gasteiger partial charge in [-0.15, -0.1) is 0 Å². The maximum Gasteiger partial charge on any atom is 0.233 e. The number of hydrogen-bond donors (Lipinski definition) is 0. The minimum absolute atomic E-state index is 0.0785. The van der Waals surface area contributed by atoms with Crippen molar-refractivity contribution >= 4 is 19.7 Å². The van der Waals surface area contributed by atoms with Crippen molar-refractivity contribution in [3.63, 3.8) is 0 Å². The van der Waals surface area contributed by atoms with E-state index in [9.17, 15) is 8.42 Å². The van der Waals surface area contributed by atoms with Crippen LogP contribution in [0.2, 0.25) is 0 Å². The highest BCUT2D eigenvalue weighted by Gasteiger charge is 2.29. The van der Waals surface area contributed by atoms with Gasteiger partial charge in [0.1, 0.15) is 5.75 Å². The van der Waals surface area contributed by atoms with E-state index < -0.39 is 9.05 Å². The molecule has 3 nitrogen and oxygen atoms in total. The van der Waals surface area contributed by atoms with Gasteiger partial charge in [-0.25, -0.2) is 8.42 Å². The van der Waals surface area contributed by atoms with Crippen LogP contribution in [0.15, 0.2) is 30.3 Å². The molecule has 1 aromatic carbocycles. The summed E-state index contributed by atoms with van der Waals surface area (Å²) in [5.41, 5.74) is -0.184. The topological polar surface area (TPSA) is 43.4 Å². The average Bonchev–Trinajstić information content (AvgIpc) is 2.22. The quantitative estimate of drug-likeness (QED) is 0.782. The Morgan fingerprint density at radius 3 is 2.22 bits per heavy atom. The predicted molar refractivity (Wildman–Crippen MR) is 74.5 cm³/mol. The van der Waals surface area contributed by atoms with E-state index in [1.165, 1.54) is 0 Å². The summed E-state index contributed by atoms with van der Waals surface area (Å²) < 4.78 is 28.0. The lowest BCUT2D eigenvalue weighted by molar-refractivity contribution is 0.163. The zero-order valence-corrected chi connectivity index (χ0v) is 12.5. The molecule has 1 aromatic rings. The van der Waals surface area contributed by atoms with Gasteiger partial charge >= 0.3 is 0 Å². The fraction of sp³-hybridized carbons (Fsp3) is 0.538. The van der Waals surface area contributed by atoms with Crippen LogP contribution >= 0.6 is 10.7 Å². The van der Waals surface area contributed by atoms with Gasteiger partial charge in [-0.2, -0.15) is 0 Å². The molecule has 5 heteroatoms. The van der Waals surface area contributed by atoms with Crippen LogP contribution in [0.1, 0.15) is 20.8 Å². The first kappa shape index (κ1) is 15.3. The Bertz CT molecular complexity index is 463. The lowest BCUT2D eigenvalue weighted by Gasteiger charge is -2.29. The fourth-order valence-electron chi connectivity index (χ4n) is 1.50. The van der Waals surface area contributed by atoms with Gasteiger partial charge in [0.25, 0.3) is 0 Å². The summed E-state index contributed by atoms with van der Waals surface area (Å²) in [4.78, 5) is 0. The average molecular weight is 291 g/mol. The number of ether oxygens (including phenoxy) is 1. The Morgan fingerprint density at radius 1 is 1.22 bits per heavy atom. The monoisotopic (exact) mass is 290 g/mol. The molecule has 0 saturated heterocycles. The van der Waals surface area contributed by atoms with Crippen molar-refractivity contribution in [1.82, 2.24) is 0 Å². The van der Waals surface area contributed by atoms with Crippen molar-refractivity contribution in [2.45, 2.75) is 20.8 Å². The highest BCUT2D eigenvalue weighted by atomic mass is 35.7. The maximum absolute atomic E-state index is 11.2. The number of benzene rings is 1. The molecular weight excluding hydrogens is 272 g/mol. The van der Waals surface area contributed by atoms with Gasteiger partial charge in [-0.3, -0.25) is 0 Å². The summed E-state index contributed by atoms with van der Waals surface area (Å²) in [5.74, 6) is 0.504. The first-order valence-electron chi connectivity index (χ1n) is 5.78. The second kappa shape index (κ2) is 5.93. The summed E-state index contributed by atoms with van der Waals surface area (Å²) in [6, 6.07) is 9.33. The third-order valence-corrected chi connectivity index (χ3v) is 4.00. The van der Waals surface area contributed by atoms with Crippen LogP contribution in [0.4, 0.5) is 0 Å². The summed E-state index contributed by atoms with van der Waals surface area (Å²) in [6.45, 7) is 6.27. The molecule has 0 spiro atoms. The van der Waals surface area contributed by atoms with Crippen molar-refractivity contribution in [2.24, 2.45) is 11.3 Å². The lowest BCUT2D eigenvalue weighted by atomic mass is 9.82. The largest absolute Gasteiger partial charge is 0.493 e. The first-order valence-corrected chi connectivity index (χ1v) is 8.26. The third-order valence-electron chi connectivity index (χ3n) is 2.82. The van der Waals surface area contributed by atoms with Crippen LogP contribution in [0.3, 0.4) is 0 Å². The molecule has 102 valence electrons. The van der Waals surface area contributed by atoms with Gasteiger partial charge in [0, 0.05) is 16.6 Å². The first-order chi connectivity index (χ1) is 8.18. The zero-order valence-electron chi connectivity index (χ0n) is 10.9. The maximum atomic E-state index is 11.2. The molecule has 0 radical (unpaired) electrons. The molecule has 0 heterocycles. The standard InChI is InChI=1S/C13H19ClO3S/c1-13(2,3)11(10-18(14,15)16)9-17-12-7-5-4-6-8-12/h4-8,11H,9-10H2,1-3H3. The van der Waals surface area contributed by atoms with Crippen LogP contribution in [0.25, 0.3) is 0 Å². The molecule has 0 aliphatic heterocycles. The molecule has 0 saturated carbocycles. The van der Waals surface area contributed by atoms with Gasteiger partial charge in [-0.05, 0) is 17.5 Å².